The summed E-state index contributed by atoms with van der Waals surface area (Å²) in [6.07, 6.45) is -0.278. The number of nitrogens with zero attached hydrogens (tertiary/aromatic N) is 4. The molecule has 29 heavy (non-hydrogen) atoms. The van der Waals surface area contributed by atoms with Gasteiger partial charge in [-0.15, -0.1) is 0 Å². The molecule has 4 rings (SSSR count). The standard InChI is InChI=1S/C22H24N4O3/c1-2-29-22(28)25-14-12-24(13-15-25)16-26-21(27)19-11-7-6-10-18(19)20(23-26)17-8-4-3-5-9-17/h3-11H,2,12-16H2,1H3. The molecule has 7 heteroatoms. The Morgan fingerprint density at radius 2 is 1.62 bits per heavy atom. The second-order valence-corrected chi connectivity index (χ2v) is 7.01. The largest absolute Gasteiger partial charge is 0.450 e. The van der Waals surface area contributed by atoms with Crippen molar-refractivity contribution in [3.8, 4) is 11.3 Å². The molecule has 1 saturated heterocycles. The molecule has 0 unspecified atom stereocenters. The Balaban J connectivity index is 1.61. The van der Waals surface area contributed by atoms with Crippen molar-refractivity contribution >= 4 is 16.9 Å². The predicted molar refractivity (Wildman–Crippen MR) is 112 cm³/mol. The predicted octanol–water partition coefficient (Wildman–Crippen LogP) is 2.80. The van der Waals surface area contributed by atoms with Gasteiger partial charge in [-0.25, -0.2) is 9.48 Å². The summed E-state index contributed by atoms with van der Waals surface area (Å²) in [5.41, 5.74) is 1.67. The zero-order chi connectivity index (χ0) is 20.2. The highest BCUT2D eigenvalue weighted by Gasteiger charge is 2.23. The molecular formula is C22H24N4O3. The molecule has 7 nitrogen and oxygen atoms in total. The first-order valence-electron chi connectivity index (χ1n) is 9.86. The lowest BCUT2D eigenvalue weighted by Crippen LogP contribution is -2.50. The van der Waals surface area contributed by atoms with E-state index >= 15 is 0 Å². The first-order chi connectivity index (χ1) is 14.2. The van der Waals surface area contributed by atoms with Crippen LogP contribution < -0.4 is 5.56 Å². The lowest BCUT2D eigenvalue weighted by atomic mass is 10.1. The maximum Gasteiger partial charge on any atom is 0.409 e. The number of ether oxygens (including phenoxy) is 1. The van der Waals surface area contributed by atoms with Crippen LogP contribution in [0.3, 0.4) is 0 Å². The first-order valence-corrected chi connectivity index (χ1v) is 9.86. The molecule has 1 amide bonds. The number of rotatable bonds is 4. The van der Waals surface area contributed by atoms with Crippen LogP contribution in [0.4, 0.5) is 4.79 Å². The van der Waals surface area contributed by atoms with E-state index in [1.165, 1.54) is 4.68 Å². The van der Waals surface area contributed by atoms with Crippen molar-refractivity contribution in [1.82, 2.24) is 19.6 Å². The van der Waals surface area contributed by atoms with Gasteiger partial charge >= 0.3 is 6.09 Å². The van der Waals surface area contributed by atoms with Gasteiger partial charge in [0, 0.05) is 37.1 Å². The maximum atomic E-state index is 13.0. The molecule has 3 aromatic rings. The monoisotopic (exact) mass is 392 g/mol. The summed E-state index contributed by atoms with van der Waals surface area (Å²) in [5, 5.41) is 6.22. The number of carbonyl (C=O) groups excluding carboxylic acids is 1. The van der Waals surface area contributed by atoms with Crippen LogP contribution in [0.1, 0.15) is 6.92 Å². The summed E-state index contributed by atoms with van der Waals surface area (Å²) in [6, 6.07) is 17.5. The van der Waals surface area contributed by atoms with Crippen LogP contribution in [0, 0.1) is 0 Å². The Labute approximate surface area is 169 Å². The topological polar surface area (TPSA) is 67.7 Å². The van der Waals surface area contributed by atoms with Crippen LogP contribution in [0.25, 0.3) is 22.0 Å². The number of hydrogen-bond acceptors (Lipinski definition) is 5. The van der Waals surface area contributed by atoms with Crippen molar-refractivity contribution in [3.05, 3.63) is 65.0 Å². The fourth-order valence-corrected chi connectivity index (χ4v) is 3.62. The molecule has 0 atom stereocenters. The summed E-state index contributed by atoms with van der Waals surface area (Å²) < 4.78 is 6.60. The molecule has 2 heterocycles. The van der Waals surface area contributed by atoms with Crippen LogP contribution in [-0.2, 0) is 11.4 Å². The average molecular weight is 392 g/mol. The molecule has 0 radical (unpaired) electrons. The van der Waals surface area contributed by atoms with E-state index in [9.17, 15) is 9.59 Å². The third-order valence-electron chi connectivity index (χ3n) is 5.15. The first kappa shape index (κ1) is 19.1. The molecule has 0 spiro atoms. The molecular weight excluding hydrogens is 368 g/mol. The highest BCUT2D eigenvalue weighted by atomic mass is 16.6. The van der Waals surface area contributed by atoms with Crippen LogP contribution >= 0.6 is 0 Å². The van der Waals surface area contributed by atoms with E-state index in [1.54, 1.807) is 11.8 Å². The van der Waals surface area contributed by atoms with Crippen molar-refractivity contribution in [2.24, 2.45) is 0 Å². The van der Waals surface area contributed by atoms with Gasteiger partial charge in [0.2, 0.25) is 0 Å². The number of benzene rings is 2. The molecule has 1 fully saturated rings. The number of piperazine rings is 1. The lowest BCUT2D eigenvalue weighted by Gasteiger charge is -2.33. The number of aromatic nitrogens is 2. The maximum absolute atomic E-state index is 13.0. The van der Waals surface area contributed by atoms with Crippen molar-refractivity contribution in [2.45, 2.75) is 13.6 Å². The van der Waals surface area contributed by atoms with Crippen LogP contribution in [0.2, 0.25) is 0 Å². The van der Waals surface area contributed by atoms with Crippen LogP contribution in [-0.4, -0.2) is 58.5 Å². The summed E-state index contributed by atoms with van der Waals surface area (Å²) in [4.78, 5) is 28.7. The zero-order valence-electron chi connectivity index (χ0n) is 16.5. The second-order valence-electron chi connectivity index (χ2n) is 7.01. The summed E-state index contributed by atoms with van der Waals surface area (Å²) >= 11 is 0. The number of carbonyl (C=O) groups is 1. The highest BCUT2D eigenvalue weighted by Crippen LogP contribution is 2.24. The Bertz CT molecular complexity index is 1060. The number of hydrogen-bond donors (Lipinski definition) is 0. The van der Waals surface area contributed by atoms with Crippen molar-refractivity contribution in [1.29, 1.82) is 0 Å². The fourth-order valence-electron chi connectivity index (χ4n) is 3.62. The van der Waals surface area contributed by atoms with Gasteiger partial charge < -0.3 is 9.64 Å². The van der Waals surface area contributed by atoms with Crippen LogP contribution in [0.5, 0.6) is 0 Å². The molecule has 1 aliphatic rings. The van der Waals surface area contributed by atoms with Gasteiger partial charge in [-0.2, -0.15) is 5.10 Å². The van der Waals surface area contributed by atoms with E-state index in [2.05, 4.69) is 4.90 Å². The Morgan fingerprint density at radius 3 is 2.31 bits per heavy atom. The smallest absolute Gasteiger partial charge is 0.409 e. The molecule has 0 saturated carbocycles. The molecule has 0 aliphatic carbocycles. The van der Waals surface area contributed by atoms with Gasteiger partial charge in [0.05, 0.1) is 24.4 Å². The summed E-state index contributed by atoms with van der Waals surface area (Å²) in [5.74, 6) is 0. The zero-order valence-corrected chi connectivity index (χ0v) is 16.5. The van der Waals surface area contributed by atoms with Crippen molar-refractivity contribution < 1.29 is 9.53 Å². The normalized spacial score (nSPS) is 14.9. The number of amides is 1. The minimum atomic E-state index is -0.278. The van der Waals surface area contributed by atoms with Gasteiger partial charge in [0.1, 0.15) is 0 Å². The van der Waals surface area contributed by atoms with E-state index in [0.717, 1.165) is 16.6 Å². The van der Waals surface area contributed by atoms with E-state index < -0.39 is 0 Å². The van der Waals surface area contributed by atoms with Gasteiger partial charge in [-0.1, -0.05) is 48.5 Å². The summed E-state index contributed by atoms with van der Waals surface area (Å²) in [7, 11) is 0. The van der Waals surface area contributed by atoms with Gasteiger partial charge in [0.25, 0.3) is 5.56 Å². The molecule has 150 valence electrons. The number of fused-ring (bicyclic) bond motifs is 1. The van der Waals surface area contributed by atoms with Crippen molar-refractivity contribution in [2.75, 3.05) is 32.8 Å². The molecule has 0 N–H and O–H groups in total. The minimum absolute atomic E-state index is 0.104. The highest BCUT2D eigenvalue weighted by molar-refractivity contribution is 5.93. The van der Waals surface area contributed by atoms with E-state index in [1.807, 2.05) is 54.6 Å². The van der Waals surface area contributed by atoms with E-state index in [0.29, 0.717) is 44.8 Å². The lowest BCUT2D eigenvalue weighted by molar-refractivity contribution is 0.0688. The minimum Gasteiger partial charge on any atom is -0.450 e. The third-order valence-corrected chi connectivity index (χ3v) is 5.15. The van der Waals surface area contributed by atoms with E-state index in [4.69, 9.17) is 9.84 Å². The SMILES string of the molecule is CCOC(=O)N1CCN(Cn2nc(-c3ccccc3)c3ccccc3c2=O)CC1. The van der Waals surface area contributed by atoms with Crippen molar-refractivity contribution in [3.63, 3.8) is 0 Å². The van der Waals surface area contributed by atoms with Gasteiger partial charge in [-0.05, 0) is 13.0 Å². The van der Waals surface area contributed by atoms with Gasteiger partial charge in [-0.3, -0.25) is 9.69 Å². The Hall–Kier alpha value is -3.19. The fraction of sp³-hybridized carbons (Fsp3) is 0.318. The molecule has 2 aromatic carbocycles. The molecule has 1 aromatic heterocycles. The quantitative estimate of drug-likeness (QED) is 0.683. The second kappa shape index (κ2) is 8.45. The third kappa shape index (κ3) is 4.00. The average Bonchev–Trinajstić information content (AvgIpc) is 2.77. The van der Waals surface area contributed by atoms with Crippen LogP contribution in [0.15, 0.2) is 59.4 Å². The Kier molecular flexibility index (Phi) is 5.57. The molecule has 0 bridgehead atoms. The van der Waals surface area contributed by atoms with E-state index in [-0.39, 0.29) is 11.7 Å². The van der Waals surface area contributed by atoms with Gasteiger partial charge in [0.15, 0.2) is 0 Å². The molecule has 1 aliphatic heterocycles. The Morgan fingerprint density at radius 1 is 0.966 bits per heavy atom. The summed E-state index contributed by atoms with van der Waals surface area (Å²) in [6.45, 7) is 5.05.